The summed E-state index contributed by atoms with van der Waals surface area (Å²) >= 11 is 0. The molecule has 2 aliphatic heterocycles. The van der Waals surface area contributed by atoms with Crippen LogP contribution in [0.5, 0.6) is 17.2 Å². The van der Waals surface area contributed by atoms with Gasteiger partial charge in [0.1, 0.15) is 11.9 Å². The summed E-state index contributed by atoms with van der Waals surface area (Å²) in [4.78, 5) is 29.5. The summed E-state index contributed by atoms with van der Waals surface area (Å²) in [6.07, 6.45) is 4.82. The summed E-state index contributed by atoms with van der Waals surface area (Å²) in [7, 11) is 0. The van der Waals surface area contributed by atoms with Gasteiger partial charge in [0.2, 0.25) is 0 Å². The quantitative estimate of drug-likeness (QED) is 0.520. The zero-order chi connectivity index (χ0) is 25.5. The molecule has 2 atom stereocenters. The van der Waals surface area contributed by atoms with Crippen molar-refractivity contribution in [3.8, 4) is 17.2 Å². The van der Waals surface area contributed by atoms with Crippen molar-refractivity contribution < 1.29 is 23.8 Å². The van der Waals surface area contributed by atoms with Gasteiger partial charge in [0, 0.05) is 43.6 Å². The number of carbonyl (C=O) groups excluding carboxylic acids is 2. The van der Waals surface area contributed by atoms with Gasteiger partial charge in [-0.15, -0.1) is 0 Å². The first-order valence-corrected chi connectivity index (χ1v) is 13.2. The van der Waals surface area contributed by atoms with E-state index in [-0.39, 0.29) is 36.6 Å². The second-order valence-electron chi connectivity index (χ2n) is 9.73. The number of nitrogens with zero attached hydrogens (tertiary/aromatic N) is 2. The van der Waals surface area contributed by atoms with Crippen molar-refractivity contribution in [2.75, 3.05) is 26.3 Å². The fourth-order valence-electron chi connectivity index (χ4n) is 5.19. The van der Waals surface area contributed by atoms with Gasteiger partial charge in [0.15, 0.2) is 18.1 Å². The number of hydrogen-bond donors (Lipinski definition) is 0. The Morgan fingerprint density at radius 1 is 0.861 bits per heavy atom. The van der Waals surface area contributed by atoms with Crippen molar-refractivity contribution in [3.63, 3.8) is 0 Å². The van der Waals surface area contributed by atoms with E-state index in [0.717, 1.165) is 43.6 Å². The van der Waals surface area contributed by atoms with E-state index in [1.165, 1.54) is 0 Å². The van der Waals surface area contributed by atoms with Crippen LogP contribution in [0.3, 0.4) is 0 Å². The van der Waals surface area contributed by atoms with Crippen LogP contribution >= 0.6 is 0 Å². The number of likely N-dealkylation sites (tertiary alicyclic amines) is 2. The molecule has 194 valence electrons. The van der Waals surface area contributed by atoms with Gasteiger partial charge in [-0.3, -0.25) is 9.59 Å². The molecule has 2 aromatic rings. The highest BCUT2D eigenvalue weighted by atomic mass is 16.5. The number of benzene rings is 2. The van der Waals surface area contributed by atoms with Crippen LogP contribution in [0.25, 0.3) is 0 Å². The molecule has 7 nitrogen and oxygen atoms in total. The molecule has 2 aliphatic rings. The van der Waals surface area contributed by atoms with Crippen LogP contribution in [0.2, 0.25) is 0 Å². The third-order valence-electron chi connectivity index (χ3n) is 7.12. The van der Waals surface area contributed by atoms with E-state index in [9.17, 15) is 9.59 Å². The Morgan fingerprint density at radius 3 is 2.14 bits per heavy atom. The highest BCUT2D eigenvalue weighted by Crippen LogP contribution is 2.30. The second-order valence-corrected chi connectivity index (χ2v) is 9.73. The van der Waals surface area contributed by atoms with E-state index < -0.39 is 0 Å². The van der Waals surface area contributed by atoms with E-state index in [0.29, 0.717) is 31.0 Å². The van der Waals surface area contributed by atoms with Crippen LogP contribution in [-0.2, 0) is 4.79 Å². The van der Waals surface area contributed by atoms with Crippen molar-refractivity contribution in [2.45, 2.75) is 71.1 Å². The fourth-order valence-corrected chi connectivity index (χ4v) is 5.19. The molecule has 0 saturated carbocycles. The average molecular weight is 495 g/mol. The molecule has 2 aromatic carbocycles. The standard InChI is InChI=1S/C29H38N2O5/c1-4-34-26-10-5-6-11-27(26)36-25-16-18-30(19-17-25)29(33)23-12-14-24(15-13-23)35-20-28(32)31-21(2)8-7-9-22(31)3/h5-6,10-15,21-22,25H,4,7-9,16-20H2,1-3H3. The minimum absolute atomic E-state index is 0.00163. The molecule has 0 bridgehead atoms. The molecule has 0 N–H and O–H groups in total. The minimum Gasteiger partial charge on any atom is -0.490 e. The minimum atomic E-state index is 0.00163. The Labute approximate surface area is 214 Å². The lowest BCUT2D eigenvalue weighted by molar-refractivity contribution is -0.139. The molecule has 0 radical (unpaired) electrons. The molecule has 2 fully saturated rings. The maximum atomic E-state index is 13.0. The van der Waals surface area contributed by atoms with Crippen LogP contribution in [0.15, 0.2) is 48.5 Å². The third-order valence-corrected chi connectivity index (χ3v) is 7.12. The number of piperidine rings is 2. The van der Waals surface area contributed by atoms with E-state index in [2.05, 4.69) is 13.8 Å². The van der Waals surface area contributed by atoms with Crippen LogP contribution in [0.4, 0.5) is 0 Å². The molecular formula is C29H38N2O5. The van der Waals surface area contributed by atoms with Gasteiger partial charge in [-0.05, 0) is 76.4 Å². The summed E-state index contributed by atoms with van der Waals surface area (Å²) in [6, 6.07) is 15.3. The SMILES string of the molecule is CCOc1ccccc1OC1CCN(C(=O)c2ccc(OCC(=O)N3C(C)CCCC3C)cc2)CC1. The number of carbonyl (C=O) groups is 2. The highest BCUT2D eigenvalue weighted by molar-refractivity contribution is 5.94. The van der Waals surface area contributed by atoms with Gasteiger partial charge in [0.05, 0.1) is 6.61 Å². The maximum absolute atomic E-state index is 13.0. The normalized spacial score (nSPS) is 20.6. The van der Waals surface area contributed by atoms with Gasteiger partial charge >= 0.3 is 0 Å². The van der Waals surface area contributed by atoms with Gasteiger partial charge in [-0.2, -0.15) is 0 Å². The van der Waals surface area contributed by atoms with Crippen molar-refractivity contribution in [1.82, 2.24) is 9.80 Å². The number of amides is 2. The first-order chi connectivity index (χ1) is 17.5. The van der Waals surface area contributed by atoms with Crippen molar-refractivity contribution in [1.29, 1.82) is 0 Å². The zero-order valence-electron chi connectivity index (χ0n) is 21.7. The van der Waals surface area contributed by atoms with Gasteiger partial charge in [0.25, 0.3) is 11.8 Å². The Hall–Kier alpha value is -3.22. The molecule has 2 heterocycles. The van der Waals surface area contributed by atoms with Crippen molar-refractivity contribution in [3.05, 3.63) is 54.1 Å². The number of ether oxygens (including phenoxy) is 3. The van der Waals surface area contributed by atoms with E-state index >= 15 is 0 Å². The Bertz CT molecular complexity index is 1010. The molecule has 0 spiro atoms. The van der Waals surface area contributed by atoms with E-state index in [4.69, 9.17) is 14.2 Å². The third kappa shape index (κ3) is 6.31. The summed E-state index contributed by atoms with van der Waals surface area (Å²) in [5.74, 6) is 2.12. The lowest BCUT2D eigenvalue weighted by atomic mass is 9.97. The fraction of sp³-hybridized carbons (Fsp3) is 0.517. The predicted molar refractivity (Wildman–Crippen MR) is 139 cm³/mol. The number of para-hydroxylation sites is 2. The molecule has 4 rings (SSSR count). The van der Waals surface area contributed by atoms with Crippen LogP contribution in [0, 0.1) is 0 Å². The first-order valence-electron chi connectivity index (χ1n) is 13.2. The smallest absolute Gasteiger partial charge is 0.260 e. The first kappa shape index (κ1) is 25.9. The van der Waals surface area contributed by atoms with Crippen molar-refractivity contribution in [2.24, 2.45) is 0 Å². The molecule has 2 amide bonds. The Balaban J connectivity index is 1.25. The zero-order valence-corrected chi connectivity index (χ0v) is 21.7. The van der Waals surface area contributed by atoms with Crippen LogP contribution < -0.4 is 14.2 Å². The molecule has 7 heteroatoms. The molecule has 0 aliphatic carbocycles. The topological polar surface area (TPSA) is 68.3 Å². The van der Waals surface area contributed by atoms with Crippen molar-refractivity contribution >= 4 is 11.8 Å². The van der Waals surface area contributed by atoms with Gasteiger partial charge in [-0.1, -0.05) is 12.1 Å². The lowest BCUT2D eigenvalue weighted by Gasteiger charge is -2.38. The largest absolute Gasteiger partial charge is 0.490 e. The summed E-state index contributed by atoms with van der Waals surface area (Å²) in [6.45, 7) is 8.03. The Kier molecular flexibility index (Phi) is 8.73. The average Bonchev–Trinajstić information content (AvgIpc) is 2.89. The predicted octanol–water partition coefficient (Wildman–Crippen LogP) is 4.94. The monoisotopic (exact) mass is 494 g/mol. The van der Waals surface area contributed by atoms with Crippen LogP contribution in [-0.4, -0.2) is 66.1 Å². The molecule has 2 saturated heterocycles. The Morgan fingerprint density at radius 2 is 1.50 bits per heavy atom. The molecule has 36 heavy (non-hydrogen) atoms. The molecular weight excluding hydrogens is 456 g/mol. The second kappa shape index (κ2) is 12.2. The lowest BCUT2D eigenvalue weighted by Crippen LogP contribution is -2.49. The number of hydrogen-bond acceptors (Lipinski definition) is 5. The summed E-state index contributed by atoms with van der Waals surface area (Å²) < 4.78 is 17.6. The summed E-state index contributed by atoms with van der Waals surface area (Å²) in [5, 5.41) is 0. The van der Waals surface area contributed by atoms with Gasteiger partial charge < -0.3 is 24.0 Å². The highest BCUT2D eigenvalue weighted by Gasteiger charge is 2.29. The van der Waals surface area contributed by atoms with E-state index in [1.54, 1.807) is 24.3 Å². The van der Waals surface area contributed by atoms with Crippen LogP contribution in [0.1, 0.15) is 63.2 Å². The molecule has 0 aromatic heterocycles. The van der Waals surface area contributed by atoms with E-state index in [1.807, 2.05) is 41.0 Å². The van der Waals surface area contributed by atoms with Gasteiger partial charge in [-0.25, -0.2) is 0 Å². The number of rotatable bonds is 8. The maximum Gasteiger partial charge on any atom is 0.260 e. The summed E-state index contributed by atoms with van der Waals surface area (Å²) in [5.41, 5.74) is 0.619. The molecule has 2 unspecified atom stereocenters.